The van der Waals surface area contributed by atoms with Gasteiger partial charge in [-0.2, -0.15) is 0 Å². The smallest absolute Gasteiger partial charge is 0.325 e. The first-order valence-corrected chi connectivity index (χ1v) is 8.27. The normalized spacial score (nSPS) is 29.5. The van der Waals surface area contributed by atoms with Crippen molar-refractivity contribution in [3.8, 4) is 0 Å². The van der Waals surface area contributed by atoms with E-state index in [0.29, 0.717) is 32.5 Å². The Hall–Kier alpha value is -1.38. The lowest BCUT2D eigenvalue weighted by Gasteiger charge is -2.24. The standard InChI is InChI=1S/C15H24N4O4.ClH/c1-9(12(21)17-7-10-6-16-8-11(10)20)19-13(22)15(18-14(19)23)4-2-3-5-15;/h9-11,16,20H,2-8H2,1H3,(H,17,21)(H,18,23);1H. The number of hydrogen-bond acceptors (Lipinski definition) is 5. The maximum atomic E-state index is 12.6. The highest BCUT2D eigenvalue weighted by Crippen LogP contribution is 2.35. The van der Waals surface area contributed by atoms with Gasteiger partial charge >= 0.3 is 6.03 Å². The van der Waals surface area contributed by atoms with E-state index in [9.17, 15) is 19.5 Å². The van der Waals surface area contributed by atoms with Crippen molar-refractivity contribution in [2.24, 2.45) is 5.92 Å². The van der Waals surface area contributed by atoms with E-state index in [0.717, 1.165) is 17.7 Å². The van der Waals surface area contributed by atoms with Gasteiger partial charge in [0, 0.05) is 25.6 Å². The summed E-state index contributed by atoms with van der Waals surface area (Å²) in [5.74, 6) is -0.705. The molecule has 136 valence electrons. The van der Waals surface area contributed by atoms with Crippen LogP contribution in [0.4, 0.5) is 4.79 Å². The molecule has 0 bridgehead atoms. The maximum absolute atomic E-state index is 12.6. The van der Waals surface area contributed by atoms with Crippen LogP contribution >= 0.6 is 12.4 Å². The molecule has 3 rings (SSSR count). The summed E-state index contributed by atoms with van der Waals surface area (Å²) in [4.78, 5) is 38.1. The van der Waals surface area contributed by atoms with E-state index in [1.807, 2.05) is 0 Å². The van der Waals surface area contributed by atoms with E-state index >= 15 is 0 Å². The fourth-order valence-corrected chi connectivity index (χ4v) is 3.73. The summed E-state index contributed by atoms with van der Waals surface area (Å²) in [7, 11) is 0. The molecule has 1 aliphatic carbocycles. The van der Waals surface area contributed by atoms with Crippen molar-refractivity contribution < 1.29 is 19.5 Å². The van der Waals surface area contributed by atoms with Gasteiger partial charge in [0.25, 0.3) is 5.91 Å². The number of rotatable bonds is 4. The average molecular weight is 361 g/mol. The number of amides is 4. The summed E-state index contributed by atoms with van der Waals surface area (Å²) >= 11 is 0. The Labute approximate surface area is 147 Å². The van der Waals surface area contributed by atoms with Crippen LogP contribution in [-0.2, 0) is 9.59 Å². The highest BCUT2D eigenvalue weighted by atomic mass is 35.5. The number of nitrogens with zero attached hydrogens (tertiary/aromatic N) is 1. The lowest BCUT2D eigenvalue weighted by atomic mass is 9.97. The Morgan fingerprint density at radius 2 is 2.04 bits per heavy atom. The molecule has 9 heteroatoms. The van der Waals surface area contributed by atoms with Crippen molar-refractivity contribution in [1.82, 2.24) is 20.9 Å². The molecule has 1 spiro atoms. The summed E-state index contributed by atoms with van der Waals surface area (Å²) < 4.78 is 0. The molecule has 24 heavy (non-hydrogen) atoms. The summed E-state index contributed by atoms with van der Waals surface area (Å²) in [5, 5.41) is 18.3. The first-order chi connectivity index (χ1) is 10.9. The largest absolute Gasteiger partial charge is 0.391 e. The molecular formula is C15H25ClN4O4. The van der Waals surface area contributed by atoms with Gasteiger partial charge in [-0.05, 0) is 19.8 Å². The van der Waals surface area contributed by atoms with Crippen LogP contribution in [0.25, 0.3) is 0 Å². The number of β-amino-alcohol motifs (C(OH)–C–C–N with tert-alkyl or cyclic N) is 1. The predicted octanol–water partition coefficient (Wildman–Crippen LogP) is -0.642. The number of urea groups is 1. The monoisotopic (exact) mass is 360 g/mol. The van der Waals surface area contributed by atoms with Crippen LogP contribution in [0, 0.1) is 5.92 Å². The summed E-state index contributed by atoms with van der Waals surface area (Å²) in [6.07, 6.45) is 2.62. The van der Waals surface area contributed by atoms with Crippen molar-refractivity contribution in [3.05, 3.63) is 0 Å². The van der Waals surface area contributed by atoms with Gasteiger partial charge in [0.15, 0.2) is 0 Å². The van der Waals surface area contributed by atoms with E-state index in [2.05, 4.69) is 16.0 Å². The quantitative estimate of drug-likeness (QED) is 0.498. The lowest BCUT2D eigenvalue weighted by molar-refractivity contribution is -0.137. The summed E-state index contributed by atoms with van der Waals surface area (Å²) in [6.45, 7) is 3.05. The van der Waals surface area contributed by atoms with E-state index in [4.69, 9.17) is 0 Å². The second-order valence-corrected chi connectivity index (χ2v) is 6.80. The molecule has 2 aliphatic heterocycles. The number of aliphatic hydroxyl groups is 1. The second kappa shape index (κ2) is 7.25. The highest BCUT2D eigenvalue weighted by Gasteiger charge is 2.54. The number of carbonyl (C=O) groups is 3. The Morgan fingerprint density at radius 1 is 1.38 bits per heavy atom. The third-order valence-corrected chi connectivity index (χ3v) is 5.26. The van der Waals surface area contributed by atoms with Gasteiger partial charge < -0.3 is 21.1 Å². The molecule has 0 aromatic rings. The molecule has 4 N–H and O–H groups in total. The number of aliphatic hydroxyl groups excluding tert-OH is 1. The van der Waals surface area contributed by atoms with Gasteiger partial charge in [0.05, 0.1) is 6.10 Å². The number of halogens is 1. The van der Waals surface area contributed by atoms with E-state index in [1.165, 1.54) is 0 Å². The van der Waals surface area contributed by atoms with Crippen LogP contribution in [0.5, 0.6) is 0 Å². The van der Waals surface area contributed by atoms with Crippen LogP contribution in [0.15, 0.2) is 0 Å². The zero-order valence-corrected chi connectivity index (χ0v) is 14.5. The topological polar surface area (TPSA) is 111 Å². The fraction of sp³-hybridized carbons (Fsp3) is 0.800. The molecule has 0 aromatic heterocycles. The lowest BCUT2D eigenvalue weighted by Crippen LogP contribution is -2.51. The van der Waals surface area contributed by atoms with Gasteiger partial charge in [0.1, 0.15) is 11.6 Å². The minimum absolute atomic E-state index is 0. The van der Waals surface area contributed by atoms with Gasteiger partial charge in [-0.3, -0.25) is 9.59 Å². The molecule has 2 saturated heterocycles. The van der Waals surface area contributed by atoms with Gasteiger partial charge in [-0.15, -0.1) is 12.4 Å². The third kappa shape index (κ3) is 3.22. The molecule has 3 unspecified atom stereocenters. The highest BCUT2D eigenvalue weighted by molar-refractivity contribution is 6.09. The minimum Gasteiger partial charge on any atom is -0.391 e. The fourth-order valence-electron chi connectivity index (χ4n) is 3.73. The minimum atomic E-state index is -0.853. The number of carbonyl (C=O) groups excluding carboxylic acids is 3. The molecular weight excluding hydrogens is 336 g/mol. The zero-order valence-electron chi connectivity index (χ0n) is 13.7. The molecule has 3 aliphatic rings. The third-order valence-electron chi connectivity index (χ3n) is 5.26. The zero-order chi connectivity index (χ0) is 16.6. The molecule has 3 atom stereocenters. The van der Waals surface area contributed by atoms with Crippen molar-refractivity contribution >= 4 is 30.3 Å². The van der Waals surface area contributed by atoms with Crippen molar-refractivity contribution in [1.29, 1.82) is 0 Å². The van der Waals surface area contributed by atoms with E-state index < -0.39 is 23.7 Å². The number of imide groups is 1. The average Bonchev–Trinajstić information content (AvgIpc) is 3.19. The first kappa shape index (κ1) is 19.0. The molecule has 8 nitrogen and oxygen atoms in total. The second-order valence-electron chi connectivity index (χ2n) is 6.80. The van der Waals surface area contributed by atoms with Gasteiger partial charge in [-0.1, -0.05) is 12.8 Å². The van der Waals surface area contributed by atoms with Crippen molar-refractivity contribution in [2.75, 3.05) is 19.6 Å². The Bertz CT molecular complexity index is 524. The van der Waals surface area contributed by atoms with Crippen molar-refractivity contribution in [2.45, 2.75) is 50.3 Å². The molecule has 0 aromatic carbocycles. The van der Waals surface area contributed by atoms with Crippen LogP contribution in [-0.4, -0.2) is 65.2 Å². The van der Waals surface area contributed by atoms with E-state index in [1.54, 1.807) is 6.92 Å². The van der Waals surface area contributed by atoms with Crippen LogP contribution in [0.2, 0.25) is 0 Å². The molecule has 2 heterocycles. The number of nitrogens with one attached hydrogen (secondary N) is 3. The van der Waals surface area contributed by atoms with E-state index in [-0.39, 0.29) is 30.1 Å². The maximum Gasteiger partial charge on any atom is 0.325 e. The molecule has 3 fully saturated rings. The Balaban J connectivity index is 0.00000208. The molecule has 0 radical (unpaired) electrons. The van der Waals surface area contributed by atoms with Crippen LogP contribution in [0.3, 0.4) is 0 Å². The Kier molecular flexibility index (Phi) is 5.72. The number of hydrogen-bond donors (Lipinski definition) is 4. The van der Waals surface area contributed by atoms with Crippen LogP contribution in [0.1, 0.15) is 32.6 Å². The van der Waals surface area contributed by atoms with Gasteiger partial charge in [-0.25, -0.2) is 9.69 Å². The van der Waals surface area contributed by atoms with Crippen LogP contribution < -0.4 is 16.0 Å². The SMILES string of the molecule is CC(C(=O)NCC1CNCC1O)N1C(=O)NC2(CCCC2)C1=O.Cl. The summed E-state index contributed by atoms with van der Waals surface area (Å²) in [6, 6.07) is -1.34. The molecule has 4 amide bonds. The van der Waals surface area contributed by atoms with Gasteiger partial charge in [0.2, 0.25) is 5.91 Å². The summed E-state index contributed by atoms with van der Waals surface area (Å²) in [5.41, 5.74) is -0.794. The Morgan fingerprint density at radius 3 is 2.62 bits per heavy atom. The first-order valence-electron chi connectivity index (χ1n) is 8.27. The van der Waals surface area contributed by atoms with Crippen molar-refractivity contribution in [3.63, 3.8) is 0 Å². The predicted molar refractivity (Wildman–Crippen MR) is 88.7 cm³/mol. The molecule has 1 saturated carbocycles.